The molecule has 0 aliphatic rings. The van der Waals surface area contributed by atoms with Gasteiger partial charge in [-0.3, -0.25) is 0 Å². The van der Waals surface area contributed by atoms with Crippen molar-refractivity contribution in [3.8, 4) is 11.5 Å². The number of hydrogen-bond acceptors (Lipinski definition) is 3. The second-order valence-corrected chi connectivity index (χ2v) is 3.38. The van der Waals surface area contributed by atoms with Crippen molar-refractivity contribution in [2.45, 2.75) is 6.54 Å². The fourth-order valence-electron chi connectivity index (χ4n) is 1.19. The highest BCUT2D eigenvalue weighted by Gasteiger charge is 2.10. The van der Waals surface area contributed by atoms with Gasteiger partial charge in [0.25, 0.3) is 0 Å². The van der Waals surface area contributed by atoms with E-state index in [1.54, 1.807) is 0 Å². The van der Waals surface area contributed by atoms with Crippen molar-refractivity contribution >= 4 is 11.6 Å². The third-order valence-electron chi connectivity index (χ3n) is 1.92. The van der Waals surface area contributed by atoms with Gasteiger partial charge in [0.2, 0.25) is 5.89 Å². The van der Waals surface area contributed by atoms with Crippen molar-refractivity contribution in [3.63, 3.8) is 0 Å². The summed E-state index contributed by atoms with van der Waals surface area (Å²) in [6.45, 7) is 0.294. The van der Waals surface area contributed by atoms with E-state index < -0.39 is 5.82 Å². The third-order valence-corrected chi connectivity index (χ3v) is 2.24. The molecule has 0 atom stereocenters. The van der Waals surface area contributed by atoms with Gasteiger partial charge in [0, 0.05) is 6.54 Å². The van der Waals surface area contributed by atoms with Crippen molar-refractivity contribution in [3.05, 3.63) is 41.0 Å². The van der Waals surface area contributed by atoms with Crippen LogP contribution in [0, 0.1) is 5.82 Å². The summed E-state index contributed by atoms with van der Waals surface area (Å²) in [7, 11) is 0. The summed E-state index contributed by atoms with van der Waals surface area (Å²) in [4.78, 5) is 4.09. The lowest BCUT2D eigenvalue weighted by atomic mass is 10.2. The van der Waals surface area contributed by atoms with Crippen molar-refractivity contribution in [1.82, 2.24) is 4.98 Å². The topological polar surface area (TPSA) is 52.0 Å². The van der Waals surface area contributed by atoms with E-state index in [0.29, 0.717) is 23.7 Å². The lowest BCUT2D eigenvalue weighted by molar-refractivity contribution is 0.572. The molecule has 0 saturated heterocycles. The molecule has 2 aromatic rings. The zero-order valence-corrected chi connectivity index (χ0v) is 8.46. The highest BCUT2D eigenvalue weighted by atomic mass is 35.5. The molecule has 0 aliphatic heterocycles. The van der Waals surface area contributed by atoms with Gasteiger partial charge in [-0.1, -0.05) is 11.6 Å². The number of hydrogen-bond donors (Lipinski definition) is 1. The Kier molecular flexibility index (Phi) is 2.70. The smallest absolute Gasteiger partial charge is 0.227 e. The van der Waals surface area contributed by atoms with E-state index in [1.807, 2.05) is 0 Å². The Bertz CT molecular complexity index is 484. The first kappa shape index (κ1) is 10.1. The lowest BCUT2D eigenvalue weighted by Gasteiger charge is -1.98. The van der Waals surface area contributed by atoms with Crippen LogP contribution in [-0.4, -0.2) is 4.98 Å². The van der Waals surface area contributed by atoms with Gasteiger partial charge >= 0.3 is 0 Å². The number of aromatic nitrogens is 1. The fraction of sp³-hybridized carbons (Fsp3) is 0.100. The summed E-state index contributed by atoms with van der Waals surface area (Å²) < 4.78 is 17.9. The Morgan fingerprint density at radius 1 is 1.47 bits per heavy atom. The summed E-state index contributed by atoms with van der Waals surface area (Å²) in [6.07, 6.45) is 1.45. The van der Waals surface area contributed by atoms with Crippen molar-refractivity contribution in [2.24, 2.45) is 5.73 Å². The van der Waals surface area contributed by atoms with E-state index in [1.165, 1.54) is 24.5 Å². The first-order chi connectivity index (χ1) is 7.20. The summed E-state index contributed by atoms with van der Waals surface area (Å²) in [5, 5.41) is 0.264. The molecule has 1 aromatic heterocycles. The second kappa shape index (κ2) is 4.00. The molecule has 0 radical (unpaired) electrons. The van der Waals surface area contributed by atoms with Crippen LogP contribution in [0.3, 0.4) is 0 Å². The van der Waals surface area contributed by atoms with E-state index in [0.717, 1.165) is 0 Å². The maximum Gasteiger partial charge on any atom is 0.227 e. The van der Waals surface area contributed by atoms with Crippen molar-refractivity contribution < 1.29 is 8.81 Å². The van der Waals surface area contributed by atoms with Crippen molar-refractivity contribution in [1.29, 1.82) is 0 Å². The van der Waals surface area contributed by atoms with Crippen LogP contribution in [0.1, 0.15) is 5.69 Å². The summed E-state index contributed by atoms with van der Waals surface area (Å²) in [6, 6.07) is 4.03. The standard InChI is InChI=1S/C10H8ClFN2O/c11-9-3-6(12)1-2-8(9)10-14-7(4-13)5-15-10/h1-3,5H,4,13H2. The Morgan fingerprint density at radius 2 is 2.27 bits per heavy atom. The molecule has 3 nitrogen and oxygen atoms in total. The van der Waals surface area contributed by atoms with Crippen LogP contribution in [0.2, 0.25) is 5.02 Å². The number of nitrogens with zero attached hydrogens (tertiary/aromatic N) is 1. The minimum atomic E-state index is -0.394. The minimum Gasteiger partial charge on any atom is -0.444 e. The molecule has 0 spiro atoms. The predicted octanol–water partition coefficient (Wildman–Crippen LogP) is 2.59. The number of nitrogens with two attached hydrogens (primary N) is 1. The van der Waals surface area contributed by atoms with Gasteiger partial charge in [-0.25, -0.2) is 9.37 Å². The Morgan fingerprint density at radius 3 is 2.87 bits per heavy atom. The summed E-state index contributed by atoms with van der Waals surface area (Å²) in [5.74, 6) is -0.0465. The molecule has 78 valence electrons. The molecule has 2 N–H and O–H groups in total. The predicted molar refractivity (Wildman–Crippen MR) is 54.8 cm³/mol. The quantitative estimate of drug-likeness (QED) is 0.856. The molecule has 0 saturated carbocycles. The molecular weight excluding hydrogens is 219 g/mol. The monoisotopic (exact) mass is 226 g/mol. The number of rotatable bonds is 2. The highest BCUT2D eigenvalue weighted by molar-refractivity contribution is 6.33. The molecular formula is C10H8ClFN2O. The lowest BCUT2D eigenvalue weighted by Crippen LogP contribution is -1.95. The molecule has 0 amide bonds. The fourth-order valence-corrected chi connectivity index (χ4v) is 1.44. The van der Waals surface area contributed by atoms with Crippen molar-refractivity contribution in [2.75, 3.05) is 0 Å². The molecule has 1 aromatic carbocycles. The van der Waals surface area contributed by atoms with Crippen LogP contribution in [0.15, 0.2) is 28.9 Å². The third kappa shape index (κ3) is 2.00. The summed E-state index contributed by atoms with van der Waals surface area (Å²) in [5.41, 5.74) is 6.57. The average molecular weight is 227 g/mol. The maximum atomic E-state index is 12.8. The zero-order chi connectivity index (χ0) is 10.8. The Labute approximate surface area is 90.7 Å². The van der Waals surface area contributed by atoms with Gasteiger partial charge in [0.05, 0.1) is 16.3 Å². The van der Waals surface area contributed by atoms with Gasteiger partial charge in [0.1, 0.15) is 12.1 Å². The van der Waals surface area contributed by atoms with Gasteiger partial charge in [0.15, 0.2) is 0 Å². The van der Waals surface area contributed by atoms with Crippen LogP contribution in [0.25, 0.3) is 11.5 Å². The first-order valence-corrected chi connectivity index (χ1v) is 4.68. The van der Waals surface area contributed by atoms with Gasteiger partial charge < -0.3 is 10.2 Å². The van der Waals surface area contributed by atoms with E-state index >= 15 is 0 Å². The van der Waals surface area contributed by atoms with Crippen LogP contribution in [-0.2, 0) is 6.54 Å². The molecule has 0 fully saturated rings. The van der Waals surface area contributed by atoms with Gasteiger partial charge in [-0.05, 0) is 18.2 Å². The van der Waals surface area contributed by atoms with E-state index in [4.69, 9.17) is 21.8 Å². The van der Waals surface area contributed by atoms with Gasteiger partial charge in [-0.2, -0.15) is 0 Å². The molecule has 1 heterocycles. The molecule has 5 heteroatoms. The number of oxazole rings is 1. The molecule has 0 bridgehead atoms. The van der Waals surface area contributed by atoms with Crippen LogP contribution in [0.5, 0.6) is 0 Å². The molecule has 0 unspecified atom stereocenters. The summed E-state index contributed by atoms with van der Waals surface area (Å²) >= 11 is 5.85. The Hall–Kier alpha value is -1.39. The normalized spacial score (nSPS) is 10.6. The number of halogens is 2. The zero-order valence-electron chi connectivity index (χ0n) is 7.71. The number of benzene rings is 1. The minimum absolute atomic E-state index is 0.264. The van der Waals surface area contributed by atoms with Crippen LogP contribution < -0.4 is 5.73 Å². The van der Waals surface area contributed by atoms with Gasteiger partial charge in [-0.15, -0.1) is 0 Å². The van der Waals surface area contributed by atoms with E-state index in [2.05, 4.69) is 4.98 Å². The first-order valence-electron chi connectivity index (χ1n) is 4.30. The molecule has 2 rings (SSSR count). The largest absolute Gasteiger partial charge is 0.444 e. The second-order valence-electron chi connectivity index (χ2n) is 2.97. The van der Waals surface area contributed by atoms with Crippen LogP contribution in [0.4, 0.5) is 4.39 Å². The molecule has 0 aliphatic carbocycles. The highest BCUT2D eigenvalue weighted by Crippen LogP contribution is 2.27. The van der Waals surface area contributed by atoms with Crippen LogP contribution >= 0.6 is 11.6 Å². The van der Waals surface area contributed by atoms with E-state index in [9.17, 15) is 4.39 Å². The maximum absolute atomic E-state index is 12.8. The average Bonchev–Trinajstić information content (AvgIpc) is 2.66. The van der Waals surface area contributed by atoms with E-state index in [-0.39, 0.29) is 5.02 Å². The SMILES string of the molecule is NCc1coc(-c2ccc(F)cc2Cl)n1. The Balaban J connectivity index is 2.44. The molecule has 15 heavy (non-hydrogen) atoms.